The van der Waals surface area contributed by atoms with Crippen LogP contribution in [-0.4, -0.2) is 55.6 Å². The Labute approximate surface area is 201 Å². The third-order valence-corrected chi connectivity index (χ3v) is 6.70. The van der Waals surface area contributed by atoms with Crippen molar-refractivity contribution in [2.24, 2.45) is 5.84 Å². The van der Waals surface area contributed by atoms with Gasteiger partial charge in [0.25, 0.3) is 0 Å². The molecule has 8 nitrogen and oxygen atoms in total. The molecular formula is C26H34N4O4. The summed E-state index contributed by atoms with van der Waals surface area (Å²) in [4.78, 5) is 28.7. The number of carbonyl (C=O) groups excluding carboxylic acids is 2. The molecule has 2 aromatic rings. The standard InChI is InChI=1S/C26H34N4O4/c1-33-23-12-11-20(16-24(23)34-22-9-5-6-10-22)29-13-14-30(26(32)17-25(31)28-27)21(18-29)15-19-7-3-2-4-8-19/h2-4,7-8,11-12,16,21-22H,5-6,9-10,13-15,17-18,27H2,1H3,(H,28,31). The van der Waals surface area contributed by atoms with Crippen molar-refractivity contribution in [1.29, 1.82) is 0 Å². The molecule has 2 fully saturated rings. The first-order chi connectivity index (χ1) is 16.6. The average Bonchev–Trinajstić information content (AvgIpc) is 3.37. The molecule has 4 rings (SSSR count). The van der Waals surface area contributed by atoms with Crippen molar-refractivity contribution in [3.63, 3.8) is 0 Å². The number of rotatable bonds is 8. The first-order valence-corrected chi connectivity index (χ1v) is 12.0. The van der Waals surface area contributed by atoms with Crippen LogP contribution in [0.1, 0.15) is 37.7 Å². The van der Waals surface area contributed by atoms with Gasteiger partial charge in [-0.15, -0.1) is 0 Å². The Kier molecular flexibility index (Phi) is 7.90. The van der Waals surface area contributed by atoms with Gasteiger partial charge in [-0.25, -0.2) is 5.84 Å². The van der Waals surface area contributed by atoms with E-state index in [9.17, 15) is 9.59 Å². The van der Waals surface area contributed by atoms with Crippen LogP contribution < -0.4 is 25.6 Å². The van der Waals surface area contributed by atoms with Gasteiger partial charge in [-0.3, -0.25) is 15.0 Å². The number of hydrogen-bond acceptors (Lipinski definition) is 6. The third kappa shape index (κ3) is 5.80. The molecule has 2 aromatic carbocycles. The van der Waals surface area contributed by atoms with Gasteiger partial charge in [0.15, 0.2) is 11.5 Å². The number of benzene rings is 2. The number of hydrazine groups is 1. The van der Waals surface area contributed by atoms with E-state index in [1.165, 1.54) is 12.8 Å². The number of nitrogens with zero attached hydrogens (tertiary/aromatic N) is 2. The molecule has 0 spiro atoms. The quantitative estimate of drug-likeness (QED) is 0.269. The number of anilines is 1. The van der Waals surface area contributed by atoms with Crippen LogP contribution in [0.25, 0.3) is 0 Å². The Hall–Kier alpha value is -3.26. The molecule has 1 unspecified atom stereocenters. The molecule has 0 radical (unpaired) electrons. The van der Waals surface area contributed by atoms with Crippen molar-refractivity contribution >= 4 is 17.5 Å². The van der Waals surface area contributed by atoms with Gasteiger partial charge < -0.3 is 19.3 Å². The normalized spacial score (nSPS) is 18.6. The number of carbonyl (C=O) groups is 2. The molecular weight excluding hydrogens is 432 g/mol. The van der Waals surface area contributed by atoms with Crippen molar-refractivity contribution in [2.45, 2.75) is 50.7 Å². The van der Waals surface area contributed by atoms with Crippen LogP contribution in [0, 0.1) is 0 Å². The lowest BCUT2D eigenvalue weighted by molar-refractivity contribution is -0.138. The van der Waals surface area contributed by atoms with E-state index >= 15 is 0 Å². The summed E-state index contributed by atoms with van der Waals surface area (Å²) in [5.41, 5.74) is 4.25. The minimum Gasteiger partial charge on any atom is -0.493 e. The van der Waals surface area contributed by atoms with E-state index in [1.54, 1.807) is 7.11 Å². The van der Waals surface area contributed by atoms with Crippen LogP contribution in [-0.2, 0) is 16.0 Å². The number of amides is 2. The molecule has 1 heterocycles. The Morgan fingerprint density at radius 1 is 1.06 bits per heavy atom. The summed E-state index contributed by atoms with van der Waals surface area (Å²) in [7, 11) is 1.66. The van der Waals surface area contributed by atoms with E-state index < -0.39 is 5.91 Å². The number of piperazine rings is 1. The summed E-state index contributed by atoms with van der Waals surface area (Å²) >= 11 is 0. The van der Waals surface area contributed by atoms with Crippen LogP contribution in [0.5, 0.6) is 11.5 Å². The van der Waals surface area contributed by atoms with Gasteiger partial charge in [0.2, 0.25) is 11.8 Å². The first kappa shape index (κ1) is 23.9. The number of nitrogens with two attached hydrogens (primary N) is 1. The fraction of sp³-hybridized carbons (Fsp3) is 0.462. The summed E-state index contributed by atoms with van der Waals surface area (Å²) in [6, 6.07) is 16.1. The fourth-order valence-electron chi connectivity index (χ4n) is 4.91. The number of methoxy groups -OCH3 is 1. The summed E-state index contributed by atoms with van der Waals surface area (Å²) in [5.74, 6) is 6.02. The van der Waals surface area contributed by atoms with Crippen LogP contribution in [0.4, 0.5) is 5.69 Å². The SMILES string of the molecule is COc1ccc(N2CCN(C(=O)CC(=O)NN)C(Cc3ccccc3)C2)cc1OC1CCCC1. The number of ether oxygens (including phenoxy) is 2. The highest BCUT2D eigenvalue weighted by Gasteiger charge is 2.32. The van der Waals surface area contributed by atoms with E-state index in [0.29, 0.717) is 26.1 Å². The molecule has 1 aliphatic heterocycles. The lowest BCUT2D eigenvalue weighted by Gasteiger charge is -2.42. The highest BCUT2D eigenvalue weighted by atomic mass is 16.5. The monoisotopic (exact) mass is 466 g/mol. The Balaban J connectivity index is 1.54. The highest BCUT2D eigenvalue weighted by molar-refractivity contribution is 5.96. The fourth-order valence-corrected chi connectivity index (χ4v) is 4.91. The van der Waals surface area contributed by atoms with Gasteiger partial charge in [-0.2, -0.15) is 0 Å². The first-order valence-electron chi connectivity index (χ1n) is 12.0. The van der Waals surface area contributed by atoms with E-state index in [4.69, 9.17) is 15.3 Å². The molecule has 0 aromatic heterocycles. The Bertz CT molecular complexity index is 978. The predicted octanol–water partition coefficient (Wildman–Crippen LogP) is 2.66. The zero-order chi connectivity index (χ0) is 23.9. The third-order valence-electron chi connectivity index (χ3n) is 6.70. The molecule has 34 heavy (non-hydrogen) atoms. The van der Waals surface area contributed by atoms with Gasteiger partial charge in [0.05, 0.1) is 19.3 Å². The number of nitrogens with one attached hydrogen (secondary N) is 1. The molecule has 0 bridgehead atoms. The van der Waals surface area contributed by atoms with Gasteiger partial charge in [-0.05, 0) is 49.8 Å². The van der Waals surface area contributed by atoms with Gasteiger partial charge >= 0.3 is 0 Å². The maximum atomic E-state index is 12.9. The molecule has 3 N–H and O–H groups in total. The Morgan fingerprint density at radius 3 is 2.53 bits per heavy atom. The van der Waals surface area contributed by atoms with Gasteiger partial charge in [0.1, 0.15) is 6.42 Å². The lowest BCUT2D eigenvalue weighted by Crippen LogP contribution is -2.56. The Morgan fingerprint density at radius 2 is 1.82 bits per heavy atom. The second-order valence-electron chi connectivity index (χ2n) is 8.98. The van der Waals surface area contributed by atoms with E-state index in [-0.39, 0.29) is 24.5 Å². The average molecular weight is 467 g/mol. The maximum Gasteiger partial charge on any atom is 0.243 e. The minimum absolute atomic E-state index is 0.0736. The smallest absolute Gasteiger partial charge is 0.243 e. The second-order valence-corrected chi connectivity index (χ2v) is 8.98. The summed E-state index contributed by atoms with van der Waals surface area (Å²) in [6.07, 6.45) is 5.24. The van der Waals surface area contributed by atoms with Crippen LogP contribution >= 0.6 is 0 Å². The van der Waals surface area contributed by atoms with Crippen LogP contribution in [0.2, 0.25) is 0 Å². The maximum absolute atomic E-state index is 12.9. The second kappa shape index (κ2) is 11.2. The van der Waals surface area contributed by atoms with Crippen molar-refractivity contribution in [2.75, 3.05) is 31.6 Å². The zero-order valence-corrected chi connectivity index (χ0v) is 19.7. The molecule has 182 valence electrons. The molecule has 2 aliphatic rings. The molecule has 1 saturated carbocycles. The molecule has 1 atom stereocenters. The summed E-state index contributed by atoms with van der Waals surface area (Å²) in [6.45, 7) is 1.84. The highest BCUT2D eigenvalue weighted by Crippen LogP contribution is 2.35. The topological polar surface area (TPSA) is 97.1 Å². The predicted molar refractivity (Wildman–Crippen MR) is 131 cm³/mol. The van der Waals surface area contributed by atoms with E-state index in [1.807, 2.05) is 35.2 Å². The molecule has 1 aliphatic carbocycles. The van der Waals surface area contributed by atoms with Gasteiger partial charge in [-0.1, -0.05) is 30.3 Å². The summed E-state index contributed by atoms with van der Waals surface area (Å²) in [5, 5.41) is 0. The summed E-state index contributed by atoms with van der Waals surface area (Å²) < 4.78 is 11.8. The molecule has 1 saturated heterocycles. The van der Waals surface area contributed by atoms with Crippen molar-refractivity contribution in [1.82, 2.24) is 10.3 Å². The van der Waals surface area contributed by atoms with E-state index in [2.05, 4.69) is 28.5 Å². The number of hydrogen-bond donors (Lipinski definition) is 2. The van der Waals surface area contributed by atoms with Crippen LogP contribution in [0.3, 0.4) is 0 Å². The minimum atomic E-state index is -0.477. The molecule has 2 amide bonds. The molecule has 8 heteroatoms. The largest absolute Gasteiger partial charge is 0.493 e. The van der Waals surface area contributed by atoms with E-state index in [0.717, 1.165) is 35.6 Å². The van der Waals surface area contributed by atoms with Crippen molar-refractivity contribution in [3.8, 4) is 11.5 Å². The van der Waals surface area contributed by atoms with Crippen molar-refractivity contribution < 1.29 is 19.1 Å². The van der Waals surface area contributed by atoms with Crippen LogP contribution in [0.15, 0.2) is 48.5 Å². The van der Waals surface area contributed by atoms with Gasteiger partial charge in [0, 0.05) is 31.4 Å². The lowest BCUT2D eigenvalue weighted by atomic mass is 10.0. The zero-order valence-electron chi connectivity index (χ0n) is 19.7. The van der Waals surface area contributed by atoms with Crippen molar-refractivity contribution in [3.05, 3.63) is 54.1 Å².